The number of alkyl halides is 1. The van der Waals surface area contributed by atoms with Gasteiger partial charge in [0.25, 0.3) is 0 Å². The molecule has 2 aromatic carbocycles. The van der Waals surface area contributed by atoms with E-state index in [0.29, 0.717) is 0 Å². The minimum Gasteiger partial charge on any atom is -0.207 e. The largest absolute Gasteiger partial charge is 0.207 e. The normalized spacial score (nSPS) is 12.8. The second kappa shape index (κ2) is 5.70. The van der Waals surface area contributed by atoms with Crippen molar-refractivity contribution in [1.82, 2.24) is 0 Å². The van der Waals surface area contributed by atoms with Crippen LogP contribution in [0.4, 0.5) is 13.2 Å². The van der Waals surface area contributed by atoms with Crippen LogP contribution in [0.5, 0.6) is 0 Å². The van der Waals surface area contributed by atoms with Crippen molar-refractivity contribution in [2.75, 3.05) is 0 Å². The third kappa shape index (κ3) is 2.92. The third-order valence-electron chi connectivity index (χ3n) is 3.24. The van der Waals surface area contributed by atoms with Crippen LogP contribution in [-0.2, 0) is 6.42 Å². The van der Waals surface area contributed by atoms with E-state index in [2.05, 4.69) is 0 Å². The molecule has 0 amide bonds. The van der Waals surface area contributed by atoms with Gasteiger partial charge >= 0.3 is 0 Å². The van der Waals surface area contributed by atoms with Gasteiger partial charge in [-0.2, -0.15) is 0 Å². The van der Waals surface area contributed by atoms with Crippen molar-refractivity contribution < 1.29 is 13.2 Å². The van der Waals surface area contributed by atoms with Crippen LogP contribution in [0.15, 0.2) is 42.5 Å². The second-order valence-corrected chi connectivity index (χ2v) is 6.36. The van der Waals surface area contributed by atoms with Gasteiger partial charge in [-0.25, -0.2) is 13.2 Å². The van der Waals surface area contributed by atoms with Crippen LogP contribution in [0.1, 0.15) is 15.8 Å². The summed E-state index contributed by atoms with van der Waals surface area (Å²) in [5.41, 5.74) is 0.235. The summed E-state index contributed by atoms with van der Waals surface area (Å²) >= 11 is 7.66. The summed E-state index contributed by atoms with van der Waals surface area (Å²) in [4.78, 5) is 0.806. The first-order valence-electron chi connectivity index (χ1n) is 6.30. The number of fused-ring (bicyclic) bond motifs is 1. The Labute approximate surface area is 128 Å². The predicted molar refractivity (Wildman–Crippen MR) is 80.4 cm³/mol. The first-order chi connectivity index (χ1) is 10.0. The zero-order valence-corrected chi connectivity index (χ0v) is 12.3. The summed E-state index contributed by atoms with van der Waals surface area (Å²) in [7, 11) is 0. The molecule has 0 saturated heterocycles. The van der Waals surface area contributed by atoms with E-state index in [4.69, 9.17) is 11.6 Å². The van der Waals surface area contributed by atoms with Crippen LogP contribution in [0.3, 0.4) is 0 Å². The van der Waals surface area contributed by atoms with E-state index in [1.807, 2.05) is 6.07 Å². The van der Waals surface area contributed by atoms with Gasteiger partial charge in [-0.15, -0.1) is 22.9 Å². The molecule has 0 nitrogen and oxygen atoms in total. The maximum atomic E-state index is 13.7. The first kappa shape index (κ1) is 14.4. The maximum absolute atomic E-state index is 13.7. The van der Waals surface area contributed by atoms with E-state index in [0.717, 1.165) is 21.0 Å². The molecule has 0 fully saturated rings. The van der Waals surface area contributed by atoms with E-state index in [1.165, 1.54) is 35.6 Å². The van der Waals surface area contributed by atoms with Crippen molar-refractivity contribution in [2.45, 2.75) is 11.8 Å². The van der Waals surface area contributed by atoms with Crippen LogP contribution in [0, 0.1) is 17.5 Å². The monoisotopic (exact) mass is 326 g/mol. The summed E-state index contributed by atoms with van der Waals surface area (Å²) in [6.45, 7) is 0. The summed E-state index contributed by atoms with van der Waals surface area (Å²) < 4.78 is 40.8. The molecule has 1 aromatic heterocycles. The molecule has 0 N–H and O–H groups in total. The zero-order valence-electron chi connectivity index (χ0n) is 10.7. The zero-order chi connectivity index (χ0) is 15.0. The lowest BCUT2D eigenvalue weighted by Crippen LogP contribution is -1.98. The predicted octanol–water partition coefficient (Wildman–Crippen LogP) is 5.84. The van der Waals surface area contributed by atoms with E-state index >= 15 is 0 Å². The van der Waals surface area contributed by atoms with Gasteiger partial charge in [-0.1, -0.05) is 18.2 Å². The van der Waals surface area contributed by atoms with Crippen LogP contribution >= 0.6 is 22.9 Å². The summed E-state index contributed by atoms with van der Waals surface area (Å²) in [5, 5.41) is 0.406. The SMILES string of the molecule is Fc1ccc2cc(C(Cl)Cc3cccc(F)c3F)sc2c1. The minimum absolute atomic E-state index is 0.181. The Morgan fingerprint density at radius 3 is 2.67 bits per heavy atom. The van der Waals surface area contributed by atoms with Crippen molar-refractivity contribution in [2.24, 2.45) is 0 Å². The van der Waals surface area contributed by atoms with Gasteiger partial charge in [0.15, 0.2) is 11.6 Å². The molecule has 3 rings (SSSR count). The van der Waals surface area contributed by atoms with Crippen molar-refractivity contribution in [3.63, 3.8) is 0 Å². The molecule has 0 saturated carbocycles. The van der Waals surface area contributed by atoms with Crippen molar-refractivity contribution in [3.8, 4) is 0 Å². The van der Waals surface area contributed by atoms with Gasteiger partial charge in [-0.3, -0.25) is 0 Å². The fraction of sp³-hybridized carbons (Fsp3) is 0.125. The maximum Gasteiger partial charge on any atom is 0.162 e. The molecule has 0 aliphatic heterocycles. The Morgan fingerprint density at radius 2 is 1.86 bits per heavy atom. The highest BCUT2D eigenvalue weighted by Gasteiger charge is 2.16. The average molecular weight is 327 g/mol. The van der Waals surface area contributed by atoms with Gasteiger partial charge in [0.1, 0.15) is 5.82 Å². The van der Waals surface area contributed by atoms with E-state index in [9.17, 15) is 13.2 Å². The summed E-state index contributed by atoms with van der Waals surface area (Å²) in [5.74, 6) is -2.05. The van der Waals surface area contributed by atoms with Crippen LogP contribution in [0.25, 0.3) is 10.1 Å². The quantitative estimate of drug-likeness (QED) is 0.530. The number of halogens is 4. The Morgan fingerprint density at radius 1 is 1.05 bits per heavy atom. The molecule has 1 atom stereocenters. The molecular formula is C16H10ClF3S. The molecule has 0 aliphatic carbocycles. The highest BCUT2D eigenvalue weighted by Crippen LogP contribution is 2.35. The average Bonchev–Trinajstić information content (AvgIpc) is 2.87. The lowest BCUT2D eigenvalue weighted by Gasteiger charge is -2.08. The smallest absolute Gasteiger partial charge is 0.162 e. The molecule has 0 bridgehead atoms. The van der Waals surface area contributed by atoms with Gasteiger partial charge in [-0.05, 0) is 41.6 Å². The van der Waals surface area contributed by atoms with E-state index in [1.54, 1.807) is 6.07 Å². The topological polar surface area (TPSA) is 0 Å². The summed E-state index contributed by atoms with van der Waals surface area (Å²) in [6, 6.07) is 10.4. The fourth-order valence-corrected chi connectivity index (χ4v) is 3.61. The molecule has 1 heterocycles. The lowest BCUT2D eigenvalue weighted by molar-refractivity contribution is 0.498. The number of hydrogen-bond donors (Lipinski definition) is 0. The van der Waals surface area contributed by atoms with E-state index in [-0.39, 0.29) is 17.8 Å². The van der Waals surface area contributed by atoms with E-state index < -0.39 is 17.0 Å². The molecule has 108 valence electrons. The Balaban J connectivity index is 1.89. The number of rotatable bonds is 3. The molecular weight excluding hydrogens is 317 g/mol. The number of benzene rings is 2. The molecule has 0 spiro atoms. The van der Waals surface area contributed by atoms with Crippen molar-refractivity contribution >= 4 is 33.0 Å². The Kier molecular flexibility index (Phi) is 3.91. The lowest BCUT2D eigenvalue weighted by atomic mass is 10.1. The minimum atomic E-state index is -0.880. The second-order valence-electron chi connectivity index (χ2n) is 4.72. The van der Waals surface area contributed by atoms with Gasteiger partial charge in [0, 0.05) is 9.58 Å². The number of thiophene rings is 1. The highest BCUT2D eigenvalue weighted by atomic mass is 35.5. The molecule has 0 radical (unpaired) electrons. The molecule has 5 heteroatoms. The Bertz CT molecular complexity index is 797. The van der Waals surface area contributed by atoms with Gasteiger partial charge in [0.05, 0.1) is 5.38 Å². The standard InChI is InChI=1S/C16H10ClF3S/c17-12(6-10-2-1-3-13(19)16(10)20)15-7-9-4-5-11(18)8-14(9)21-15/h1-5,7-8,12H,6H2. The Hall–Kier alpha value is -1.52. The molecule has 1 unspecified atom stereocenters. The summed E-state index contributed by atoms with van der Waals surface area (Å²) in [6.07, 6.45) is 0.181. The third-order valence-corrected chi connectivity index (χ3v) is 4.97. The molecule has 0 aliphatic rings. The molecule has 3 aromatic rings. The van der Waals surface area contributed by atoms with Gasteiger partial charge < -0.3 is 0 Å². The molecule has 21 heavy (non-hydrogen) atoms. The van der Waals surface area contributed by atoms with Crippen LogP contribution < -0.4 is 0 Å². The highest BCUT2D eigenvalue weighted by molar-refractivity contribution is 7.19. The number of hydrogen-bond acceptors (Lipinski definition) is 1. The van der Waals surface area contributed by atoms with Crippen LogP contribution in [0.2, 0.25) is 0 Å². The van der Waals surface area contributed by atoms with Crippen LogP contribution in [-0.4, -0.2) is 0 Å². The van der Waals surface area contributed by atoms with Crippen molar-refractivity contribution in [1.29, 1.82) is 0 Å². The van der Waals surface area contributed by atoms with Crippen molar-refractivity contribution in [3.05, 3.63) is 70.4 Å². The fourth-order valence-electron chi connectivity index (χ4n) is 2.18. The first-order valence-corrected chi connectivity index (χ1v) is 7.56. The van der Waals surface area contributed by atoms with Gasteiger partial charge in [0.2, 0.25) is 0 Å².